The van der Waals surface area contributed by atoms with Gasteiger partial charge in [0.25, 0.3) is 0 Å². The van der Waals surface area contributed by atoms with Crippen molar-refractivity contribution in [3.63, 3.8) is 0 Å². The fourth-order valence-electron chi connectivity index (χ4n) is 1.68. The lowest BCUT2D eigenvalue weighted by Crippen LogP contribution is -2.40. The molecule has 0 spiro atoms. The lowest BCUT2D eigenvalue weighted by Gasteiger charge is -2.36. The third-order valence-electron chi connectivity index (χ3n) is 4.15. The van der Waals surface area contributed by atoms with Crippen molar-refractivity contribution in [2.24, 2.45) is 0 Å². The highest BCUT2D eigenvalue weighted by molar-refractivity contribution is 6.74. The molecule has 0 amide bonds. The summed E-state index contributed by atoms with van der Waals surface area (Å²) in [6, 6.07) is 3.42. The van der Waals surface area contributed by atoms with Crippen LogP contribution in [0.4, 0.5) is 0 Å². The molecule has 0 bridgehead atoms. The van der Waals surface area contributed by atoms with Crippen LogP contribution in [-0.2, 0) is 11.0 Å². The second-order valence-corrected chi connectivity index (χ2v) is 11.4. The van der Waals surface area contributed by atoms with Crippen molar-refractivity contribution in [3.8, 4) is 11.5 Å². The normalized spacial score (nSPS) is 12.1. The van der Waals surface area contributed by atoms with Gasteiger partial charge in [-0.25, -0.2) is 0 Å². The Balaban J connectivity index is 3.10. The summed E-state index contributed by atoms with van der Waals surface area (Å²) in [4.78, 5) is 11.0. The molecule has 1 aromatic rings. The number of hydrogen-bond acceptors (Lipinski definition) is 4. The van der Waals surface area contributed by atoms with E-state index in [9.17, 15) is 4.79 Å². The minimum absolute atomic E-state index is 0.135. The summed E-state index contributed by atoms with van der Waals surface area (Å²) in [6.45, 7) is 11.4. The summed E-state index contributed by atoms with van der Waals surface area (Å²) in [6.07, 6.45) is 0.781. The smallest absolute Gasteiger partial charge is 0.192 e. The van der Waals surface area contributed by atoms with Crippen LogP contribution in [0.3, 0.4) is 0 Å². The van der Waals surface area contributed by atoms with Gasteiger partial charge in [-0.1, -0.05) is 20.8 Å². The van der Waals surface area contributed by atoms with Gasteiger partial charge in [0.05, 0.1) is 26.4 Å². The summed E-state index contributed by atoms with van der Waals surface area (Å²) in [7, 11) is 1.30. The number of ether oxygens (including phenoxy) is 2. The largest absolute Gasteiger partial charge is 0.496 e. The third kappa shape index (κ3) is 4.08. The van der Waals surface area contributed by atoms with Crippen LogP contribution in [-0.4, -0.2) is 28.8 Å². The van der Waals surface area contributed by atoms with Crippen molar-refractivity contribution in [3.05, 3.63) is 23.3 Å². The summed E-state index contributed by atoms with van der Waals surface area (Å²) in [5.41, 5.74) is 1.37. The van der Waals surface area contributed by atoms with Gasteiger partial charge in [-0.3, -0.25) is 4.79 Å². The summed E-state index contributed by atoms with van der Waals surface area (Å²) in [5, 5.41) is 0.135. The second kappa shape index (κ2) is 6.62. The predicted octanol–water partition coefficient (Wildman–Crippen LogP) is 4.04. The van der Waals surface area contributed by atoms with E-state index in [2.05, 4.69) is 33.9 Å². The van der Waals surface area contributed by atoms with Gasteiger partial charge in [0.1, 0.15) is 17.8 Å². The molecule has 0 aromatic heterocycles. The molecule has 0 aliphatic heterocycles. The van der Waals surface area contributed by atoms with Crippen LogP contribution in [0.25, 0.3) is 0 Å². The zero-order chi connectivity index (χ0) is 16.3. The maximum Gasteiger partial charge on any atom is 0.192 e. The van der Waals surface area contributed by atoms with Crippen LogP contribution in [0.1, 0.15) is 36.7 Å². The molecular formula is C16H26O4Si. The van der Waals surface area contributed by atoms with E-state index >= 15 is 0 Å². The van der Waals surface area contributed by atoms with Crippen molar-refractivity contribution in [1.82, 2.24) is 0 Å². The van der Waals surface area contributed by atoms with Crippen LogP contribution < -0.4 is 9.47 Å². The van der Waals surface area contributed by atoms with E-state index in [-0.39, 0.29) is 5.04 Å². The molecule has 0 aliphatic carbocycles. The van der Waals surface area contributed by atoms with Crippen molar-refractivity contribution in [2.45, 2.75) is 45.5 Å². The van der Waals surface area contributed by atoms with Gasteiger partial charge in [0.2, 0.25) is 0 Å². The standard InChI is InChI=1S/C16H26O4Si/c1-16(2,3)21(6,7)20-11-13-14(18-4)8-12(10-17)9-15(13)19-5/h8-10H,11H2,1-7H3. The Kier molecular flexibility index (Phi) is 5.59. The van der Waals surface area contributed by atoms with Gasteiger partial charge in [0, 0.05) is 5.56 Å². The van der Waals surface area contributed by atoms with Crippen LogP contribution in [0.2, 0.25) is 18.1 Å². The van der Waals surface area contributed by atoms with Crippen LogP contribution in [0.5, 0.6) is 11.5 Å². The predicted molar refractivity (Wildman–Crippen MR) is 86.9 cm³/mol. The molecule has 4 nitrogen and oxygen atoms in total. The van der Waals surface area contributed by atoms with Crippen molar-refractivity contribution >= 4 is 14.6 Å². The summed E-state index contributed by atoms with van der Waals surface area (Å²) < 4.78 is 17.0. The lowest BCUT2D eigenvalue weighted by atomic mass is 10.1. The molecule has 0 fully saturated rings. The van der Waals surface area contributed by atoms with Crippen LogP contribution >= 0.6 is 0 Å². The molecule has 0 saturated heterocycles. The Morgan fingerprint density at radius 3 is 1.90 bits per heavy atom. The van der Waals surface area contributed by atoms with Gasteiger partial charge < -0.3 is 13.9 Å². The first kappa shape index (κ1) is 17.7. The van der Waals surface area contributed by atoms with Crippen molar-refractivity contribution in [1.29, 1.82) is 0 Å². The van der Waals surface area contributed by atoms with E-state index in [0.717, 1.165) is 11.8 Å². The molecule has 0 N–H and O–H groups in total. The Morgan fingerprint density at radius 1 is 1.10 bits per heavy atom. The first-order chi connectivity index (χ1) is 9.66. The minimum Gasteiger partial charge on any atom is -0.496 e. The fourth-order valence-corrected chi connectivity index (χ4v) is 2.62. The van der Waals surface area contributed by atoms with E-state index in [1.807, 2.05) is 0 Å². The average molecular weight is 310 g/mol. The van der Waals surface area contributed by atoms with Crippen molar-refractivity contribution in [2.75, 3.05) is 14.2 Å². The molecule has 0 unspecified atom stereocenters. The van der Waals surface area contributed by atoms with Gasteiger partial charge in [-0.2, -0.15) is 0 Å². The highest BCUT2D eigenvalue weighted by atomic mass is 28.4. The number of carbonyl (C=O) groups is 1. The highest BCUT2D eigenvalue weighted by Crippen LogP contribution is 2.39. The van der Waals surface area contributed by atoms with E-state index in [1.165, 1.54) is 0 Å². The SMILES string of the molecule is COc1cc(C=O)cc(OC)c1CO[Si](C)(C)C(C)(C)C. The van der Waals surface area contributed by atoms with E-state index in [1.54, 1.807) is 26.4 Å². The zero-order valence-corrected chi connectivity index (χ0v) is 15.1. The third-order valence-corrected chi connectivity index (χ3v) is 8.63. The summed E-state index contributed by atoms with van der Waals surface area (Å²) >= 11 is 0. The average Bonchev–Trinajstić information content (AvgIpc) is 2.42. The van der Waals surface area contributed by atoms with Crippen LogP contribution in [0.15, 0.2) is 12.1 Å². The lowest BCUT2D eigenvalue weighted by molar-refractivity contribution is 0.112. The van der Waals surface area contributed by atoms with Gasteiger partial charge >= 0.3 is 0 Å². The highest BCUT2D eigenvalue weighted by Gasteiger charge is 2.37. The van der Waals surface area contributed by atoms with Gasteiger partial charge in [0.15, 0.2) is 8.32 Å². The van der Waals surface area contributed by atoms with E-state index in [4.69, 9.17) is 13.9 Å². The molecule has 0 aliphatic rings. The molecule has 0 atom stereocenters. The topological polar surface area (TPSA) is 44.8 Å². The Labute approximate surface area is 128 Å². The van der Waals surface area contributed by atoms with Crippen molar-refractivity contribution < 1.29 is 18.7 Å². The number of benzene rings is 1. The Hall–Kier alpha value is -1.33. The molecular weight excluding hydrogens is 284 g/mol. The fraction of sp³-hybridized carbons (Fsp3) is 0.562. The van der Waals surface area contributed by atoms with E-state index in [0.29, 0.717) is 23.7 Å². The Morgan fingerprint density at radius 2 is 1.57 bits per heavy atom. The number of methoxy groups -OCH3 is 2. The van der Waals surface area contributed by atoms with Gasteiger partial charge in [-0.15, -0.1) is 0 Å². The van der Waals surface area contributed by atoms with Crippen LogP contribution in [0, 0.1) is 0 Å². The number of rotatable bonds is 6. The quantitative estimate of drug-likeness (QED) is 0.587. The number of carbonyl (C=O) groups excluding carboxylic acids is 1. The monoisotopic (exact) mass is 310 g/mol. The molecule has 5 heteroatoms. The second-order valence-electron chi connectivity index (χ2n) is 6.57. The number of hydrogen-bond donors (Lipinski definition) is 0. The molecule has 0 radical (unpaired) electrons. The van der Waals surface area contributed by atoms with Gasteiger partial charge in [-0.05, 0) is 30.3 Å². The molecule has 0 saturated carbocycles. The molecule has 118 valence electrons. The van der Waals surface area contributed by atoms with E-state index < -0.39 is 8.32 Å². The summed E-state index contributed by atoms with van der Waals surface area (Å²) in [5.74, 6) is 1.24. The molecule has 1 rings (SSSR count). The molecule has 0 heterocycles. The number of aldehydes is 1. The Bertz CT molecular complexity index is 478. The first-order valence-corrected chi connectivity index (χ1v) is 9.91. The maximum absolute atomic E-state index is 11.0. The first-order valence-electron chi connectivity index (χ1n) is 7.00. The zero-order valence-electron chi connectivity index (χ0n) is 14.1. The molecule has 1 aromatic carbocycles. The maximum atomic E-state index is 11.0. The molecule has 21 heavy (non-hydrogen) atoms. The minimum atomic E-state index is -1.86.